The molecule has 0 amide bonds. The fourth-order valence-corrected chi connectivity index (χ4v) is 2.42. The van der Waals surface area contributed by atoms with Crippen LogP contribution in [0.25, 0.3) is 0 Å². The van der Waals surface area contributed by atoms with Crippen molar-refractivity contribution in [2.24, 2.45) is 41.4 Å². The van der Waals surface area contributed by atoms with Gasteiger partial charge >= 0.3 is 0 Å². The van der Waals surface area contributed by atoms with E-state index in [0.29, 0.717) is 11.8 Å². The summed E-state index contributed by atoms with van der Waals surface area (Å²) < 4.78 is 36.3. The minimum Gasteiger partial charge on any atom is -0.452 e. The fraction of sp³-hybridized carbons (Fsp3) is 0.667. The van der Waals surface area contributed by atoms with Crippen molar-refractivity contribution in [3.63, 3.8) is 0 Å². The molecule has 0 unspecified atom stereocenters. The molecule has 0 aromatic carbocycles. The summed E-state index contributed by atoms with van der Waals surface area (Å²) in [4.78, 5) is 3.56. The zero-order valence-corrected chi connectivity index (χ0v) is 53.8. The van der Waals surface area contributed by atoms with E-state index in [1.807, 2.05) is 19.9 Å². The highest BCUT2D eigenvalue weighted by Crippen LogP contribution is 2.11. The molecule has 9 rings (SSSR count). The topological polar surface area (TPSA) is 340 Å². The first-order valence-electron chi connectivity index (χ1n) is 25.7. The van der Waals surface area contributed by atoms with Gasteiger partial charge in [-0.2, -0.15) is 9.47 Å². The number of aromatic amines is 1. The largest absolute Gasteiger partial charge is 0.452 e. The second-order valence-electron chi connectivity index (χ2n) is 20.1. The highest BCUT2D eigenvalue weighted by atomic mass is 32.1. The van der Waals surface area contributed by atoms with Crippen LogP contribution in [0.4, 0.5) is 0 Å². The first-order chi connectivity index (χ1) is 37.2. The van der Waals surface area contributed by atoms with Gasteiger partial charge in [0.05, 0.1) is 53.3 Å². The number of rotatable bonds is 2. The van der Waals surface area contributed by atoms with Crippen LogP contribution in [-0.4, -0.2) is 101 Å². The van der Waals surface area contributed by atoms with Crippen LogP contribution in [0, 0.1) is 41.4 Å². The second kappa shape index (κ2) is 73.1. The van der Waals surface area contributed by atoms with E-state index in [1.165, 1.54) is 68.0 Å². The molecule has 0 saturated carbocycles. The number of H-pyrrole nitrogens is 1. The monoisotopic (exact) mass is 1150 g/mol. The van der Waals surface area contributed by atoms with E-state index in [0.717, 1.165) is 58.2 Å². The third-order valence-electron chi connectivity index (χ3n) is 3.74. The predicted molar refractivity (Wildman–Crippen MR) is 312 cm³/mol. The van der Waals surface area contributed by atoms with Gasteiger partial charge in [-0.05, 0) is 69.1 Å². The minimum atomic E-state index is 0.282. The Hall–Kier alpha value is -6.97. The summed E-state index contributed by atoms with van der Waals surface area (Å²) in [7, 11) is 0. The lowest BCUT2D eigenvalue weighted by molar-refractivity contribution is 0.292. The number of aromatic nitrogens is 20. The van der Waals surface area contributed by atoms with Gasteiger partial charge in [0.1, 0.15) is 23.8 Å². The Morgan fingerprint density at radius 3 is 1.15 bits per heavy atom. The summed E-state index contributed by atoms with van der Waals surface area (Å²) in [5.74, 6) is 7.17. The molecular weight excluding hydrogens is 1050 g/mol. The van der Waals surface area contributed by atoms with E-state index in [9.17, 15) is 0 Å². The molecule has 1 N–H and O–H groups in total. The molecule has 0 fully saturated rings. The predicted octanol–water partition coefficient (Wildman–Crippen LogP) is 14.6. The van der Waals surface area contributed by atoms with Crippen molar-refractivity contribution in [1.29, 1.82) is 0 Å². The molecule has 0 aliphatic carbocycles. The number of oxazole rings is 1. The zero-order chi connectivity index (χ0) is 61.8. The molecular formula is C51H100N20O6S2. The normalized spacial score (nSPS) is 8.84. The summed E-state index contributed by atoms with van der Waals surface area (Å²) in [5.41, 5.74) is 0. The SMILES string of the molecule is CC(C)C.CC(C)C.CC(C)C.CC(C)C.CC(C)C.CC(C)C.CC(C)C.CC(C)c1nnno1.CC(C)c1nnns1.c1cn[nH]c1.c1cnoc1.c1cnon1.c1cocn1.c1conn1.c1nnon1.c1nnsn1. The molecule has 26 nitrogen and oxygen atoms in total. The third-order valence-corrected chi connectivity index (χ3v) is 4.99. The number of hydrogen-bond acceptors (Lipinski definition) is 27. The number of hydrogen-bond donors (Lipinski definition) is 1. The molecule has 0 saturated heterocycles. The molecule has 0 bridgehead atoms. The Balaban J connectivity index is -0.000000141. The van der Waals surface area contributed by atoms with Crippen molar-refractivity contribution in [2.45, 2.75) is 185 Å². The Bertz CT molecular complexity index is 1560. The van der Waals surface area contributed by atoms with Gasteiger partial charge in [0.2, 0.25) is 0 Å². The van der Waals surface area contributed by atoms with Gasteiger partial charge in [-0.15, -0.1) is 15.3 Å². The Morgan fingerprint density at radius 2 is 1.01 bits per heavy atom. The van der Waals surface area contributed by atoms with Crippen molar-refractivity contribution in [3.05, 3.63) is 104 Å². The van der Waals surface area contributed by atoms with Crippen LogP contribution in [0.5, 0.6) is 0 Å². The summed E-state index contributed by atoms with van der Waals surface area (Å²) >= 11 is 2.46. The van der Waals surface area contributed by atoms with E-state index in [-0.39, 0.29) is 5.92 Å². The number of nitrogens with zero attached hydrogens (tertiary/aromatic N) is 19. The summed E-state index contributed by atoms with van der Waals surface area (Å²) in [6.45, 7) is 53.6. The first kappa shape index (κ1) is 85.9. The Labute approximate surface area is 480 Å². The van der Waals surface area contributed by atoms with Crippen molar-refractivity contribution in [1.82, 2.24) is 101 Å². The van der Waals surface area contributed by atoms with Crippen LogP contribution in [-0.2, 0) is 0 Å². The van der Waals surface area contributed by atoms with Crippen molar-refractivity contribution >= 4 is 23.3 Å². The molecule has 0 spiro atoms. The molecule has 0 aliphatic rings. The Kier molecular flexibility index (Phi) is 79.5. The van der Waals surface area contributed by atoms with Crippen molar-refractivity contribution in [2.75, 3.05) is 0 Å². The molecule has 9 heterocycles. The van der Waals surface area contributed by atoms with Crippen LogP contribution in [0.15, 0.2) is 121 Å². The van der Waals surface area contributed by atoms with Crippen molar-refractivity contribution in [3.8, 4) is 0 Å². The van der Waals surface area contributed by atoms with E-state index in [4.69, 9.17) is 0 Å². The standard InChI is InChI=1S/C4H7N3O.C4H7N3S.7C4H10.C3H4N2.2C3H3NO.2C2H2N2O.CHN3O.CHN3S/c2*1-3(2)4-5-6-7-8-4;7*1-4(2)3;1-2-4-5-3-1;1-2-5-3-4-1;1-2-4-5-3-1;1-2-5-4-3-1;3*1-2-4-5-3-1/h2*3H,1-2H3;7*4H,1-3H3;1-3H,(H,4,5);2*1-3H;2*1-2H;2*1H. The van der Waals surface area contributed by atoms with Crippen molar-refractivity contribution < 1.29 is 27.2 Å². The fourth-order valence-electron chi connectivity index (χ4n) is 1.77. The second-order valence-corrected chi connectivity index (χ2v) is 21.4. The van der Waals surface area contributed by atoms with Crippen LogP contribution in [0.1, 0.15) is 196 Å². The third kappa shape index (κ3) is 135. The average Bonchev–Trinajstić information content (AvgIpc) is 4.22. The van der Waals surface area contributed by atoms with Gasteiger partial charge in [-0.1, -0.05) is 208 Å². The lowest BCUT2D eigenvalue weighted by atomic mass is 10.2. The van der Waals surface area contributed by atoms with Gasteiger partial charge in [-0.3, -0.25) is 5.10 Å². The minimum absolute atomic E-state index is 0.282. The van der Waals surface area contributed by atoms with Gasteiger partial charge in [0.25, 0.3) is 5.89 Å². The van der Waals surface area contributed by atoms with Crippen LogP contribution in [0.3, 0.4) is 0 Å². The molecule has 0 aliphatic heterocycles. The summed E-state index contributed by atoms with van der Waals surface area (Å²) in [6, 6.07) is 3.56. The highest BCUT2D eigenvalue weighted by molar-refractivity contribution is 7.05. The lowest BCUT2D eigenvalue weighted by Gasteiger charge is -1.90. The van der Waals surface area contributed by atoms with Gasteiger partial charge in [-0.25, -0.2) is 14.2 Å². The maximum Gasteiger partial charge on any atom is 0.250 e. The Morgan fingerprint density at radius 1 is 0.443 bits per heavy atom. The van der Waals surface area contributed by atoms with Crippen LogP contribution < -0.4 is 0 Å². The maximum atomic E-state index is 4.62. The summed E-state index contributed by atoms with van der Waals surface area (Å²) in [5, 5.41) is 53.4. The van der Waals surface area contributed by atoms with Gasteiger partial charge < -0.3 is 18.0 Å². The lowest BCUT2D eigenvalue weighted by Crippen LogP contribution is -1.85. The number of nitrogens with one attached hydrogen (secondary N) is 1. The van der Waals surface area contributed by atoms with E-state index in [1.54, 1.807) is 30.9 Å². The zero-order valence-electron chi connectivity index (χ0n) is 52.1. The average molecular weight is 1150 g/mol. The molecule has 9 aromatic heterocycles. The summed E-state index contributed by atoms with van der Waals surface area (Å²) in [6.07, 6.45) is 19.5. The van der Waals surface area contributed by atoms with Crippen LogP contribution >= 0.6 is 23.3 Å². The van der Waals surface area contributed by atoms with E-state index in [2.05, 4.69) is 287 Å². The van der Waals surface area contributed by atoms with E-state index >= 15 is 0 Å². The molecule has 0 atom stereocenters. The van der Waals surface area contributed by atoms with Gasteiger partial charge in [0, 0.05) is 41.0 Å². The highest BCUT2D eigenvalue weighted by Gasteiger charge is 2.03. The first-order valence-corrected chi connectivity index (χ1v) is 27.2. The molecule has 0 radical (unpaired) electrons. The smallest absolute Gasteiger partial charge is 0.250 e. The molecule has 28 heteroatoms. The maximum absolute atomic E-state index is 4.62. The molecule has 79 heavy (non-hydrogen) atoms. The van der Waals surface area contributed by atoms with Crippen LogP contribution in [0.2, 0.25) is 0 Å². The molecule has 452 valence electrons. The van der Waals surface area contributed by atoms with Gasteiger partial charge in [0.15, 0.2) is 19.0 Å². The van der Waals surface area contributed by atoms with E-state index < -0.39 is 0 Å². The molecule has 9 aromatic rings. The quantitative estimate of drug-likeness (QED) is 0.168.